The van der Waals surface area contributed by atoms with E-state index in [1.54, 1.807) is 0 Å². The van der Waals surface area contributed by atoms with Gasteiger partial charge >= 0.3 is 18.1 Å². The van der Waals surface area contributed by atoms with E-state index in [1.165, 1.54) is 7.11 Å². The molecule has 1 aliphatic heterocycles. The van der Waals surface area contributed by atoms with Gasteiger partial charge in [0.05, 0.1) is 13.0 Å². The number of nitrogens with one attached hydrogen (secondary N) is 1. The highest BCUT2D eigenvalue weighted by atomic mass is 19.4. The van der Waals surface area contributed by atoms with Crippen LogP contribution in [0.3, 0.4) is 0 Å². The number of hydrogen-bond donors (Lipinski definition) is 2. The SMILES string of the molecule is COC(=O)C1CNC1.O=C(O)C(F)(F)F. The van der Waals surface area contributed by atoms with Crippen LogP contribution in [-0.4, -0.2) is 43.4 Å². The number of halogens is 3. The smallest absolute Gasteiger partial charge is 0.475 e. The van der Waals surface area contributed by atoms with E-state index in [4.69, 9.17) is 9.90 Å². The monoisotopic (exact) mass is 229 g/mol. The maximum Gasteiger partial charge on any atom is 0.490 e. The van der Waals surface area contributed by atoms with Crippen molar-refractivity contribution in [1.29, 1.82) is 0 Å². The lowest BCUT2D eigenvalue weighted by Gasteiger charge is -2.23. The molecule has 0 spiro atoms. The van der Waals surface area contributed by atoms with Crippen molar-refractivity contribution in [3.63, 3.8) is 0 Å². The first-order valence-electron chi connectivity index (χ1n) is 3.87. The average molecular weight is 229 g/mol. The Morgan fingerprint density at radius 3 is 1.87 bits per heavy atom. The molecule has 1 heterocycles. The summed E-state index contributed by atoms with van der Waals surface area (Å²) in [4.78, 5) is 19.4. The minimum absolute atomic E-state index is 0.0937. The van der Waals surface area contributed by atoms with Crippen LogP contribution in [0.25, 0.3) is 0 Å². The van der Waals surface area contributed by atoms with Crippen LogP contribution in [-0.2, 0) is 14.3 Å². The first kappa shape index (κ1) is 13.7. The fourth-order valence-electron chi connectivity index (χ4n) is 0.622. The van der Waals surface area contributed by atoms with E-state index < -0.39 is 12.1 Å². The topological polar surface area (TPSA) is 75.6 Å². The van der Waals surface area contributed by atoms with Crippen LogP contribution in [0.1, 0.15) is 0 Å². The largest absolute Gasteiger partial charge is 0.490 e. The summed E-state index contributed by atoms with van der Waals surface area (Å²) < 4.78 is 36.2. The second-order valence-electron chi connectivity index (χ2n) is 2.68. The van der Waals surface area contributed by atoms with E-state index in [0.717, 1.165) is 13.1 Å². The number of carbonyl (C=O) groups is 2. The van der Waals surface area contributed by atoms with E-state index in [2.05, 4.69) is 10.1 Å². The molecule has 0 aromatic rings. The van der Waals surface area contributed by atoms with E-state index >= 15 is 0 Å². The van der Waals surface area contributed by atoms with Gasteiger partial charge < -0.3 is 15.2 Å². The van der Waals surface area contributed by atoms with Crippen LogP contribution in [0, 0.1) is 5.92 Å². The van der Waals surface area contributed by atoms with Gasteiger partial charge in [-0.3, -0.25) is 4.79 Å². The Balaban J connectivity index is 0.000000265. The van der Waals surface area contributed by atoms with Crippen molar-refractivity contribution in [1.82, 2.24) is 5.32 Å². The Bertz CT molecular complexity index is 237. The number of carboxylic acid groups (broad SMARTS) is 1. The minimum atomic E-state index is -5.08. The van der Waals surface area contributed by atoms with Crippen LogP contribution < -0.4 is 5.32 Å². The molecular formula is C7H10F3NO4. The summed E-state index contributed by atoms with van der Waals surface area (Å²) >= 11 is 0. The van der Waals surface area contributed by atoms with Gasteiger partial charge in [-0.15, -0.1) is 0 Å². The van der Waals surface area contributed by atoms with Crippen LogP contribution in [0.5, 0.6) is 0 Å². The molecule has 8 heteroatoms. The Kier molecular flexibility index (Phi) is 5.06. The number of hydrogen-bond acceptors (Lipinski definition) is 4. The maximum absolute atomic E-state index is 10.6. The normalized spacial score (nSPS) is 15.7. The number of alkyl halides is 3. The number of rotatable bonds is 1. The number of carboxylic acids is 1. The molecule has 0 atom stereocenters. The van der Waals surface area contributed by atoms with Gasteiger partial charge in [-0.05, 0) is 0 Å². The quantitative estimate of drug-likeness (QED) is 0.619. The average Bonchev–Trinajstić information content (AvgIpc) is 2.00. The molecule has 0 bridgehead atoms. The second-order valence-corrected chi connectivity index (χ2v) is 2.68. The molecule has 1 aliphatic rings. The molecule has 88 valence electrons. The van der Waals surface area contributed by atoms with Gasteiger partial charge in [-0.25, -0.2) is 4.79 Å². The summed E-state index contributed by atoms with van der Waals surface area (Å²) in [5, 5.41) is 10.1. The van der Waals surface area contributed by atoms with Crippen molar-refractivity contribution in [2.24, 2.45) is 5.92 Å². The van der Waals surface area contributed by atoms with Crippen LogP contribution in [0.15, 0.2) is 0 Å². The van der Waals surface area contributed by atoms with Crippen molar-refractivity contribution < 1.29 is 32.6 Å². The summed E-state index contributed by atoms with van der Waals surface area (Å²) in [7, 11) is 1.42. The van der Waals surface area contributed by atoms with Gasteiger partial charge in [0, 0.05) is 13.1 Å². The lowest BCUT2D eigenvalue weighted by atomic mass is 10.0. The van der Waals surface area contributed by atoms with Crippen LogP contribution in [0.2, 0.25) is 0 Å². The van der Waals surface area contributed by atoms with Crippen molar-refractivity contribution >= 4 is 11.9 Å². The van der Waals surface area contributed by atoms with Gasteiger partial charge in [0.1, 0.15) is 0 Å². The van der Waals surface area contributed by atoms with Crippen molar-refractivity contribution in [3.8, 4) is 0 Å². The third-order valence-electron chi connectivity index (χ3n) is 1.56. The van der Waals surface area contributed by atoms with Gasteiger partial charge in [0.25, 0.3) is 0 Å². The number of methoxy groups -OCH3 is 1. The predicted molar refractivity (Wildman–Crippen MR) is 42.1 cm³/mol. The molecule has 0 aromatic carbocycles. The number of ether oxygens (including phenoxy) is 1. The molecule has 0 radical (unpaired) electrons. The van der Waals surface area contributed by atoms with Crippen molar-refractivity contribution in [2.45, 2.75) is 6.18 Å². The molecule has 15 heavy (non-hydrogen) atoms. The predicted octanol–water partition coefficient (Wildman–Crippen LogP) is 0.0121. The highest BCUT2D eigenvalue weighted by Gasteiger charge is 2.38. The van der Waals surface area contributed by atoms with Crippen LogP contribution in [0.4, 0.5) is 13.2 Å². The zero-order chi connectivity index (χ0) is 12.1. The summed E-state index contributed by atoms with van der Waals surface area (Å²) in [6.07, 6.45) is -5.08. The zero-order valence-electron chi connectivity index (χ0n) is 7.80. The molecule has 5 nitrogen and oxygen atoms in total. The maximum atomic E-state index is 10.6. The first-order chi connectivity index (χ1) is 6.79. The lowest BCUT2D eigenvalue weighted by molar-refractivity contribution is -0.192. The molecule has 1 saturated heterocycles. The first-order valence-corrected chi connectivity index (χ1v) is 3.87. The standard InChI is InChI=1S/C5H9NO2.C2HF3O2/c1-8-5(7)4-2-6-3-4;3-2(4,5)1(6)7/h4,6H,2-3H2,1H3;(H,6,7). The van der Waals surface area contributed by atoms with E-state index in [0.29, 0.717) is 0 Å². The Hall–Kier alpha value is -1.31. The zero-order valence-corrected chi connectivity index (χ0v) is 7.80. The van der Waals surface area contributed by atoms with E-state index in [1.807, 2.05) is 0 Å². The van der Waals surface area contributed by atoms with Gasteiger partial charge in [-0.2, -0.15) is 13.2 Å². The summed E-state index contributed by atoms with van der Waals surface area (Å²) in [5.41, 5.74) is 0. The van der Waals surface area contributed by atoms with Crippen molar-refractivity contribution in [3.05, 3.63) is 0 Å². The molecule has 0 amide bonds. The highest BCUT2D eigenvalue weighted by Crippen LogP contribution is 2.13. The van der Waals surface area contributed by atoms with Crippen molar-refractivity contribution in [2.75, 3.05) is 20.2 Å². The Morgan fingerprint density at radius 1 is 1.40 bits per heavy atom. The molecule has 0 aromatic heterocycles. The third-order valence-corrected chi connectivity index (χ3v) is 1.56. The van der Waals surface area contributed by atoms with Gasteiger partial charge in [0.15, 0.2) is 0 Å². The second kappa shape index (κ2) is 5.54. The Labute approximate surface area is 83.2 Å². The minimum Gasteiger partial charge on any atom is -0.475 e. The summed E-state index contributed by atoms with van der Waals surface area (Å²) in [5.74, 6) is -2.73. The summed E-state index contributed by atoms with van der Waals surface area (Å²) in [6, 6.07) is 0. The lowest BCUT2D eigenvalue weighted by Crippen LogP contribution is -2.46. The molecule has 1 rings (SSSR count). The molecule has 1 fully saturated rings. The fourth-order valence-corrected chi connectivity index (χ4v) is 0.622. The number of esters is 1. The molecule has 0 unspecified atom stereocenters. The number of carbonyl (C=O) groups excluding carboxylic acids is 1. The Morgan fingerprint density at radius 2 is 1.80 bits per heavy atom. The molecule has 0 aliphatic carbocycles. The molecule has 2 N–H and O–H groups in total. The molecule has 0 saturated carbocycles. The third kappa shape index (κ3) is 5.21. The van der Waals surface area contributed by atoms with Gasteiger partial charge in [-0.1, -0.05) is 0 Å². The molecular weight excluding hydrogens is 219 g/mol. The van der Waals surface area contributed by atoms with Crippen LogP contribution >= 0.6 is 0 Å². The fraction of sp³-hybridized carbons (Fsp3) is 0.714. The van der Waals surface area contributed by atoms with E-state index in [-0.39, 0.29) is 11.9 Å². The van der Waals surface area contributed by atoms with Gasteiger partial charge in [0.2, 0.25) is 0 Å². The number of aliphatic carboxylic acids is 1. The van der Waals surface area contributed by atoms with E-state index in [9.17, 15) is 18.0 Å². The summed E-state index contributed by atoms with van der Waals surface area (Å²) in [6.45, 7) is 1.57. The highest BCUT2D eigenvalue weighted by molar-refractivity contribution is 5.73.